The zero-order chi connectivity index (χ0) is 13.9. The second kappa shape index (κ2) is 5.54. The Balaban J connectivity index is 2.23. The zero-order valence-corrected chi connectivity index (χ0v) is 12.0. The Morgan fingerprint density at radius 3 is 2.84 bits per heavy atom. The third kappa shape index (κ3) is 3.02. The average molecular weight is 298 g/mol. The number of hydrogen-bond acceptors (Lipinski definition) is 7. The molecule has 0 atom stereocenters. The normalized spacial score (nSPS) is 11.4. The van der Waals surface area contributed by atoms with Crippen LogP contribution in [-0.2, 0) is 16.4 Å². The summed E-state index contributed by atoms with van der Waals surface area (Å²) in [4.78, 5) is 4.25. The van der Waals surface area contributed by atoms with Crippen LogP contribution in [0.3, 0.4) is 0 Å². The highest BCUT2D eigenvalue weighted by atomic mass is 32.2. The van der Waals surface area contributed by atoms with Crippen molar-refractivity contribution in [1.29, 1.82) is 0 Å². The van der Waals surface area contributed by atoms with Gasteiger partial charge in [0.25, 0.3) is 0 Å². The summed E-state index contributed by atoms with van der Waals surface area (Å²) >= 11 is 1.04. The molecular formula is C11H14N4O2S2. The maximum Gasteiger partial charge on any atom is 0.184 e. The average Bonchev–Trinajstić information content (AvgIpc) is 2.79. The number of nitrogens with one attached hydrogen (secondary N) is 1. The summed E-state index contributed by atoms with van der Waals surface area (Å²) in [6, 6.07) is 5.54. The standard InChI is InChI=1S/C11H14N4O2S2/c1-2-19(16,17)9-10(12)15-18-11(9)14-7-8-5-3-4-6-13-8/h3-6,14H,2,7H2,1H3,(H2,12,15). The molecule has 0 fully saturated rings. The molecule has 102 valence electrons. The van der Waals surface area contributed by atoms with E-state index in [0.29, 0.717) is 11.5 Å². The number of aromatic nitrogens is 2. The van der Waals surface area contributed by atoms with E-state index in [2.05, 4.69) is 14.7 Å². The predicted molar refractivity (Wildman–Crippen MR) is 75.8 cm³/mol. The number of nitrogens with zero attached hydrogens (tertiary/aromatic N) is 2. The molecule has 0 aliphatic carbocycles. The molecule has 0 saturated carbocycles. The first-order valence-corrected chi connectivity index (χ1v) is 8.09. The molecule has 0 bridgehead atoms. The Morgan fingerprint density at radius 1 is 1.42 bits per heavy atom. The minimum absolute atomic E-state index is 0.00607. The minimum atomic E-state index is -3.38. The second-order valence-corrected chi connectivity index (χ2v) is 6.79. The van der Waals surface area contributed by atoms with Crippen LogP contribution in [0.5, 0.6) is 0 Å². The van der Waals surface area contributed by atoms with Gasteiger partial charge in [0.2, 0.25) is 0 Å². The van der Waals surface area contributed by atoms with Crippen molar-refractivity contribution in [2.45, 2.75) is 18.4 Å². The Bertz CT molecular complexity index is 653. The molecule has 0 amide bonds. The van der Waals surface area contributed by atoms with Crippen molar-refractivity contribution in [3.05, 3.63) is 30.1 Å². The fourth-order valence-corrected chi connectivity index (χ4v) is 3.69. The van der Waals surface area contributed by atoms with E-state index in [1.165, 1.54) is 0 Å². The fraction of sp³-hybridized carbons (Fsp3) is 0.273. The van der Waals surface area contributed by atoms with Gasteiger partial charge in [-0.1, -0.05) is 13.0 Å². The SMILES string of the molecule is CCS(=O)(=O)c1c(N)nsc1NCc1ccccn1. The van der Waals surface area contributed by atoms with Crippen LogP contribution in [0.1, 0.15) is 12.6 Å². The van der Waals surface area contributed by atoms with Gasteiger partial charge < -0.3 is 11.1 Å². The molecule has 0 spiro atoms. The Morgan fingerprint density at radius 2 is 2.21 bits per heavy atom. The van der Waals surface area contributed by atoms with Crippen LogP contribution in [0.25, 0.3) is 0 Å². The van der Waals surface area contributed by atoms with Gasteiger partial charge in [0.1, 0.15) is 9.90 Å². The molecule has 2 heterocycles. The smallest absolute Gasteiger partial charge is 0.184 e. The fourth-order valence-electron chi connectivity index (χ4n) is 1.53. The quantitative estimate of drug-likeness (QED) is 0.868. The van der Waals surface area contributed by atoms with Crippen molar-refractivity contribution >= 4 is 32.2 Å². The van der Waals surface area contributed by atoms with Crippen LogP contribution in [-0.4, -0.2) is 23.5 Å². The van der Waals surface area contributed by atoms with Gasteiger partial charge in [-0.15, -0.1) is 0 Å². The lowest BCUT2D eigenvalue weighted by molar-refractivity contribution is 0.598. The van der Waals surface area contributed by atoms with Crippen molar-refractivity contribution in [3.63, 3.8) is 0 Å². The second-order valence-electron chi connectivity index (χ2n) is 3.80. The molecule has 0 radical (unpaired) electrons. The molecule has 0 unspecified atom stereocenters. The lowest BCUT2D eigenvalue weighted by Crippen LogP contribution is -2.09. The molecule has 0 saturated heterocycles. The molecular weight excluding hydrogens is 284 g/mol. The van der Waals surface area contributed by atoms with Crippen molar-refractivity contribution in [2.75, 3.05) is 16.8 Å². The molecule has 2 aromatic rings. The zero-order valence-electron chi connectivity index (χ0n) is 10.3. The summed E-state index contributed by atoms with van der Waals surface area (Å²) in [5.41, 5.74) is 6.45. The maximum atomic E-state index is 11.9. The largest absolute Gasteiger partial charge is 0.382 e. The topological polar surface area (TPSA) is 98.0 Å². The number of nitrogens with two attached hydrogens (primary N) is 1. The summed E-state index contributed by atoms with van der Waals surface area (Å²) in [6.07, 6.45) is 1.68. The highest BCUT2D eigenvalue weighted by molar-refractivity contribution is 7.91. The highest BCUT2D eigenvalue weighted by Gasteiger charge is 2.23. The monoisotopic (exact) mass is 298 g/mol. The van der Waals surface area contributed by atoms with E-state index in [1.807, 2.05) is 18.2 Å². The summed E-state index contributed by atoms with van der Waals surface area (Å²) in [5.74, 6) is 0.0452. The van der Waals surface area contributed by atoms with Crippen molar-refractivity contribution in [1.82, 2.24) is 9.36 Å². The molecule has 0 aliphatic rings. The number of anilines is 2. The molecule has 0 aliphatic heterocycles. The van der Waals surface area contributed by atoms with E-state index < -0.39 is 9.84 Å². The molecule has 19 heavy (non-hydrogen) atoms. The first kappa shape index (κ1) is 13.8. The number of pyridine rings is 1. The summed E-state index contributed by atoms with van der Waals surface area (Å²) in [5, 5.41) is 3.49. The number of rotatable bonds is 5. The first-order valence-electron chi connectivity index (χ1n) is 5.66. The van der Waals surface area contributed by atoms with E-state index in [0.717, 1.165) is 17.2 Å². The molecule has 8 heteroatoms. The highest BCUT2D eigenvalue weighted by Crippen LogP contribution is 2.32. The molecule has 2 aromatic heterocycles. The van der Waals surface area contributed by atoms with E-state index >= 15 is 0 Å². The maximum absolute atomic E-state index is 11.9. The summed E-state index contributed by atoms with van der Waals surface area (Å²) in [6.45, 7) is 2.00. The summed E-state index contributed by atoms with van der Waals surface area (Å²) < 4.78 is 27.8. The number of hydrogen-bond donors (Lipinski definition) is 2. The van der Waals surface area contributed by atoms with Crippen LogP contribution in [0, 0.1) is 0 Å². The van der Waals surface area contributed by atoms with E-state index in [4.69, 9.17) is 5.73 Å². The van der Waals surface area contributed by atoms with Crippen LogP contribution in [0.15, 0.2) is 29.3 Å². The van der Waals surface area contributed by atoms with Crippen LogP contribution >= 0.6 is 11.5 Å². The van der Waals surface area contributed by atoms with Crippen LogP contribution in [0.2, 0.25) is 0 Å². The number of sulfone groups is 1. The lowest BCUT2D eigenvalue weighted by atomic mass is 10.3. The van der Waals surface area contributed by atoms with Crippen molar-refractivity contribution < 1.29 is 8.42 Å². The molecule has 2 rings (SSSR count). The van der Waals surface area contributed by atoms with Gasteiger partial charge in [-0.25, -0.2) is 8.42 Å². The van der Waals surface area contributed by atoms with Crippen LogP contribution in [0.4, 0.5) is 10.8 Å². The van der Waals surface area contributed by atoms with E-state index in [-0.39, 0.29) is 16.5 Å². The van der Waals surface area contributed by atoms with Gasteiger partial charge in [-0.3, -0.25) is 4.98 Å². The van der Waals surface area contributed by atoms with Crippen molar-refractivity contribution in [2.24, 2.45) is 0 Å². The summed E-state index contributed by atoms with van der Waals surface area (Å²) in [7, 11) is -3.38. The third-order valence-corrected chi connectivity index (χ3v) is 5.26. The first-order chi connectivity index (χ1) is 9.04. The van der Waals surface area contributed by atoms with Gasteiger partial charge >= 0.3 is 0 Å². The van der Waals surface area contributed by atoms with Gasteiger partial charge in [0.05, 0.1) is 18.0 Å². The predicted octanol–water partition coefficient (Wildman–Crippen LogP) is 1.53. The van der Waals surface area contributed by atoms with Gasteiger partial charge in [-0.05, 0) is 23.7 Å². The molecule has 3 N–H and O–H groups in total. The van der Waals surface area contributed by atoms with E-state index in [1.54, 1.807) is 13.1 Å². The minimum Gasteiger partial charge on any atom is -0.382 e. The lowest BCUT2D eigenvalue weighted by Gasteiger charge is -2.06. The van der Waals surface area contributed by atoms with Gasteiger partial charge in [0, 0.05) is 6.20 Å². The van der Waals surface area contributed by atoms with Gasteiger partial charge in [0.15, 0.2) is 15.7 Å². The Kier molecular flexibility index (Phi) is 4.01. The van der Waals surface area contributed by atoms with E-state index in [9.17, 15) is 8.42 Å². The Labute approximate surface area is 115 Å². The van der Waals surface area contributed by atoms with Crippen molar-refractivity contribution in [3.8, 4) is 0 Å². The molecule has 0 aromatic carbocycles. The van der Waals surface area contributed by atoms with Crippen LogP contribution < -0.4 is 11.1 Å². The number of nitrogen functional groups attached to an aromatic ring is 1. The third-order valence-electron chi connectivity index (χ3n) is 2.52. The Hall–Kier alpha value is -1.67. The molecule has 6 nitrogen and oxygen atoms in total. The van der Waals surface area contributed by atoms with Gasteiger partial charge in [-0.2, -0.15) is 4.37 Å².